The van der Waals surface area contributed by atoms with E-state index in [9.17, 15) is 18.0 Å². The second-order valence-electron chi connectivity index (χ2n) is 3.08. The zero-order valence-electron chi connectivity index (χ0n) is 8.62. The molecule has 0 aliphatic heterocycles. The summed E-state index contributed by atoms with van der Waals surface area (Å²) in [5.41, 5.74) is 0.191. The largest absolute Gasteiger partial charge is 0.466 e. The van der Waals surface area contributed by atoms with Crippen molar-refractivity contribution in [1.82, 2.24) is 9.78 Å². The predicted molar refractivity (Wildman–Crippen MR) is 48.6 cm³/mol. The fraction of sp³-hybridized carbons (Fsp3) is 0.556. The van der Waals surface area contributed by atoms with E-state index in [2.05, 4.69) is 9.84 Å². The Balaban J connectivity index is 2.67. The van der Waals surface area contributed by atoms with Gasteiger partial charge < -0.3 is 4.74 Å². The van der Waals surface area contributed by atoms with Crippen LogP contribution in [0, 0.1) is 0 Å². The van der Waals surface area contributed by atoms with Gasteiger partial charge in [0.1, 0.15) is 6.54 Å². The zero-order chi connectivity index (χ0) is 12.2. The molecule has 0 unspecified atom stereocenters. The summed E-state index contributed by atoms with van der Waals surface area (Å²) in [7, 11) is 0. The first-order valence-corrected chi connectivity index (χ1v) is 4.65. The molecule has 0 N–H and O–H groups in total. The van der Waals surface area contributed by atoms with Crippen molar-refractivity contribution in [2.24, 2.45) is 0 Å². The van der Waals surface area contributed by atoms with E-state index in [4.69, 9.17) is 0 Å². The molecule has 90 valence electrons. The third kappa shape index (κ3) is 3.92. The molecule has 0 amide bonds. The minimum absolute atomic E-state index is 0.191. The SMILES string of the molecule is CCOC(=O)Cc1ccnn1CC(F)(F)F. The highest BCUT2D eigenvalue weighted by molar-refractivity contribution is 5.71. The number of aromatic nitrogens is 2. The summed E-state index contributed by atoms with van der Waals surface area (Å²) in [6.45, 7) is 0.631. The molecule has 0 aliphatic rings. The van der Waals surface area contributed by atoms with Gasteiger partial charge in [-0.1, -0.05) is 0 Å². The maximum atomic E-state index is 12.1. The van der Waals surface area contributed by atoms with Crippen LogP contribution in [-0.2, 0) is 22.5 Å². The summed E-state index contributed by atoms with van der Waals surface area (Å²) in [5, 5.41) is 3.50. The second kappa shape index (κ2) is 5.00. The molecular formula is C9H11F3N2O2. The van der Waals surface area contributed by atoms with Gasteiger partial charge in [-0.15, -0.1) is 0 Å². The average Bonchev–Trinajstić information content (AvgIpc) is 2.50. The Bertz CT molecular complexity index is 360. The molecule has 0 spiro atoms. The number of nitrogens with zero attached hydrogens (tertiary/aromatic N) is 2. The van der Waals surface area contributed by atoms with Gasteiger partial charge in [-0.2, -0.15) is 18.3 Å². The van der Waals surface area contributed by atoms with Crippen molar-refractivity contribution in [1.29, 1.82) is 0 Å². The lowest BCUT2D eigenvalue weighted by Crippen LogP contribution is -2.21. The van der Waals surface area contributed by atoms with Gasteiger partial charge in [-0.05, 0) is 13.0 Å². The van der Waals surface area contributed by atoms with Crippen molar-refractivity contribution >= 4 is 5.97 Å². The second-order valence-corrected chi connectivity index (χ2v) is 3.08. The van der Waals surface area contributed by atoms with Gasteiger partial charge in [-0.3, -0.25) is 9.48 Å². The first-order chi connectivity index (χ1) is 7.42. The fourth-order valence-electron chi connectivity index (χ4n) is 1.18. The van der Waals surface area contributed by atoms with Gasteiger partial charge in [0.15, 0.2) is 0 Å². The number of alkyl halides is 3. The normalized spacial score (nSPS) is 11.5. The number of hydrogen-bond donors (Lipinski definition) is 0. The summed E-state index contributed by atoms with van der Waals surface area (Å²) in [4.78, 5) is 11.1. The molecule has 0 radical (unpaired) electrons. The molecule has 16 heavy (non-hydrogen) atoms. The van der Waals surface area contributed by atoms with E-state index in [0.717, 1.165) is 4.68 Å². The highest BCUT2D eigenvalue weighted by Gasteiger charge is 2.29. The van der Waals surface area contributed by atoms with Crippen molar-refractivity contribution in [2.45, 2.75) is 26.1 Å². The number of rotatable bonds is 4. The Hall–Kier alpha value is -1.53. The van der Waals surface area contributed by atoms with Crippen molar-refractivity contribution in [3.63, 3.8) is 0 Å². The molecule has 0 bridgehead atoms. The van der Waals surface area contributed by atoms with Crippen LogP contribution in [0.15, 0.2) is 12.3 Å². The van der Waals surface area contributed by atoms with E-state index in [1.54, 1.807) is 6.92 Å². The summed E-state index contributed by atoms with van der Waals surface area (Å²) < 4.78 is 41.7. The Morgan fingerprint density at radius 1 is 1.56 bits per heavy atom. The molecule has 4 nitrogen and oxygen atoms in total. The van der Waals surface area contributed by atoms with Crippen molar-refractivity contribution < 1.29 is 22.7 Å². The van der Waals surface area contributed by atoms with Crippen LogP contribution in [0.5, 0.6) is 0 Å². The first kappa shape index (κ1) is 12.5. The van der Waals surface area contributed by atoms with Crippen LogP contribution in [0.3, 0.4) is 0 Å². The minimum Gasteiger partial charge on any atom is -0.466 e. The topological polar surface area (TPSA) is 44.1 Å². The Labute approximate surface area is 90.0 Å². The molecule has 1 heterocycles. The van der Waals surface area contributed by atoms with Crippen LogP contribution < -0.4 is 0 Å². The summed E-state index contributed by atoms with van der Waals surface area (Å²) >= 11 is 0. The third-order valence-corrected chi connectivity index (χ3v) is 1.76. The lowest BCUT2D eigenvalue weighted by atomic mass is 10.3. The molecule has 0 aliphatic carbocycles. The molecule has 1 aromatic heterocycles. The number of esters is 1. The molecule has 0 saturated heterocycles. The number of ether oxygens (including phenoxy) is 1. The highest BCUT2D eigenvalue weighted by Crippen LogP contribution is 2.18. The van der Waals surface area contributed by atoms with E-state index in [1.165, 1.54) is 12.3 Å². The molecule has 0 atom stereocenters. The first-order valence-electron chi connectivity index (χ1n) is 4.65. The standard InChI is InChI=1S/C9H11F3N2O2/c1-2-16-8(15)5-7-3-4-13-14(7)6-9(10,11)12/h3-4H,2,5-6H2,1H3. The number of hydrogen-bond acceptors (Lipinski definition) is 3. The molecule has 1 aromatic rings. The maximum Gasteiger partial charge on any atom is 0.408 e. The van der Waals surface area contributed by atoms with E-state index < -0.39 is 18.7 Å². The third-order valence-electron chi connectivity index (χ3n) is 1.76. The van der Waals surface area contributed by atoms with Crippen LogP contribution >= 0.6 is 0 Å². The summed E-state index contributed by atoms with van der Waals surface area (Å²) in [5.74, 6) is -0.563. The van der Waals surface area contributed by atoms with Gasteiger partial charge >= 0.3 is 12.1 Å². The smallest absolute Gasteiger partial charge is 0.408 e. The van der Waals surface area contributed by atoms with Gasteiger partial charge in [0.05, 0.1) is 13.0 Å². The molecule has 0 fully saturated rings. The highest BCUT2D eigenvalue weighted by atomic mass is 19.4. The van der Waals surface area contributed by atoms with E-state index in [1.807, 2.05) is 0 Å². The molecule has 1 rings (SSSR count). The number of carbonyl (C=O) groups is 1. The van der Waals surface area contributed by atoms with Gasteiger partial charge in [0.2, 0.25) is 0 Å². The summed E-state index contributed by atoms with van der Waals surface area (Å²) in [6, 6.07) is 1.36. The summed E-state index contributed by atoms with van der Waals surface area (Å²) in [6.07, 6.45) is -3.33. The van der Waals surface area contributed by atoms with Crippen LogP contribution in [-0.4, -0.2) is 28.5 Å². The molecule has 0 saturated carbocycles. The van der Waals surface area contributed by atoms with Gasteiger partial charge in [0.25, 0.3) is 0 Å². The Kier molecular flexibility index (Phi) is 3.92. The predicted octanol–water partition coefficient (Wildman–Crippen LogP) is 1.55. The quantitative estimate of drug-likeness (QED) is 0.745. The lowest BCUT2D eigenvalue weighted by Gasteiger charge is -2.09. The van der Waals surface area contributed by atoms with E-state index in [-0.39, 0.29) is 18.7 Å². The lowest BCUT2D eigenvalue weighted by molar-refractivity contribution is -0.146. The van der Waals surface area contributed by atoms with E-state index >= 15 is 0 Å². The number of halogens is 3. The zero-order valence-corrected chi connectivity index (χ0v) is 8.62. The van der Waals surface area contributed by atoms with Gasteiger partial charge in [0, 0.05) is 11.9 Å². The minimum atomic E-state index is -4.35. The monoisotopic (exact) mass is 236 g/mol. The average molecular weight is 236 g/mol. The van der Waals surface area contributed by atoms with Crippen LogP contribution in [0.25, 0.3) is 0 Å². The maximum absolute atomic E-state index is 12.1. The number of carbonyl (C=O) groups excluding carboxylic acids is 1. The van der Waals surface area contributed by atoms with Crippen LogP contribution in [0.2, 0.25) is 0 Å². The van der Waals surface area contributed by atoms with Crippen molar-refractivity contribution in [3.05, 3.63) is 18.0 Å². The Morgan fingerprint density at radius 3 is 2.81 bits per heavy atom. The molecule has 7 heteroatoms. The molecular weight excluding hydrogens is 225 g/mol. The van der Waals surface area contributed by atoms with Crippen molar-refractivity contribution in [3.8, 4) is 0 Å². The van der Waals surface area contributed by atoms with E-state index in [0.29, 0.717) is 0 Å². The Morgan fingerprint density at radius 2 is 2.25 bits per heavy atom. The molecule has 0 aromatic carbocycles. The van der Waals surface area contributed by atoms with Gasteiger partial charge in [-0.25, -0.2) is 0 Å². The fourth-order valence-corrected chi connectivity index (χ4v) is 1.18. The van der Waals surface area contributed by atoms with Crippen LogP contribution in [0.4, 0.5) is 13.2 Å². The van der Waals surface area contributed by atoms with Crippen molar-refractivity contribution in [2.75, 3.05) is 6.61 Å². The van der Waals surface area contributed by atoms with Crippen LogP contribution in [0.1, 0.15) is 12.6 Å².